The van der Waals surface area contributed by atoms with E-state index < -0.39 is 0 Å². The molecule has 1 heterocycles. The summed E-state index contributed by atoms with van der Waals surface area (Å²) in [6.07, 6.45) is 1.67. The summed E-state index contributed by atoms with van der Waals surface area (Å²) in [5.41, 5.74) is 2.48. The summed E-state index contributed by atoms with van der Waals surface area (Å²) in [5, 5.41) is 0.768. The normalized spacial score (nSPS) is 17.6. The zero-order valence-corrected chi connectivity index (χ0v) is 11.9. The molecule has 2 aromatic carbocycles. The van der Waals surface area contributed by atoms with Gasteiger partial charge in [-0.25, -0.2) is 4.99 Å². The molecule has 0 aliphatic carbocycles. The first-order chi connectivity index (χ1) is 9.79. The number of nitrogens with zero attached hydrogens (tertiary/aromatic N) is 1. The first kappa shape index (κ1) is 13.2. The van der Waals surface area contributed by atoms with Crippen LogP contribution in [0.25, 0.3) is 0 Å². The van der Waals surface area contributed by atoms with Crippen molar-refractivity contribution < 1.29 is 4.74 Å². The molecule has 0 bridgehead atoms. The third-order valence-electron chi connectivity index (χ3n) is 3.35. The van der Waals surface area contributed by atoms with Crippen LogP contribution in [0.1, 0.15) is 11.1 Å². The minimum Gasteiger partial charge on any atom is -0.478 e. The molecule has 0 saturated carbocycles. The average Bonchev–Trinajstić information content (AvgIpc) is 2.90. The molecule has 20 heavy (non-hydrogen) atoms. The molecule has 3 rings (SSSR count). The lowest BCUT2D eigenvalue weighted by molar-refractivity contribution is 0.311. The van der Waals surface area contributed by atoms with Crippen molar-refractivity contribution in [2.45, 2.75) is 18.9 Å². The SMILES string of the molecule is Clc1ccc(CC2COC(Cc3ccccc3)=N2)cc1. The summed E-state index contributed by atoms with van der Waals surface area (Å²) in [5.74, 6) is 0.843. The van der Waals surface area contributed by atoms with E-state index in [2.05, 4.69) is 17.1 Å². The van der Waals surface area contributed by atoms with Crippen molar-refractivity contribution in [2.75, 3.05) is 6.61 Å². The van der Waals surface area contributed by atoms with Gasteiger partial charge in [-0.05, 0) is 29.7 Å². The van der Waals surface area contributed by atoms with Crippen LogP contribution in [0.4, 0.5) is 0 Å². The van der Waals surface area contributed by atoms with Gasteiger partial charge in [0.1, 0.15) is 6.61 Å². The van der Waals surface area contributed by atoms with Gasteiger partial charge < -0.3 is 4.74 Å². The molecule has 0 aromatic heterocycles. The molecule has 2 aromatic rings. The highest BCUT2D eigenvalue weighted by atomic mass is 35.5. The topological polar surface area (TPSA) is 21.6 Å². The monoisotopic (exact) mass is 285 g/mol. The fourth-order valence-corrected chi connectivity index (χ4v) is 2.46. The quantitative estimate of drug-likeness (QED) is 0.834. The minimum absolute atomic E-state index is 0.217. The van der Waals surface area contributed by atoms with Crippen LogP contribution in [0.15, 0.2) is 59.6 Å². The first-order valence-electron chi connectivity index (χ1n) is 6.77. The second-order valence-electron chi connectivity index (χ2n) is 4.98. The Balaban J connectivity index is 1.61. The molecule has 1 aliphatic rings. The van der Waals surface area contributed by atoms with Crippen LogP contribution in [0.3, 0.4) is 0 Å². The molecule has 3 heteroatoms. The molecule has 0 saturated heterocycles. The van der Waals surface area contributed by atoms with E-state index in [4.69, 9.17) is 16.3 Å². The summed E-state index contributed by atoms with van der Waals surface area (Å²) >= 11 is 5.89. The minimum atomic E-state index is 0.217. The smallest absolute Gasteiger partial charge is 0.188 e. The number of halogens is 1. The fraction of sp³-hybridized carbons (Fsp3) is 0.235. The molecule has 102 valence electrons. The summed E-state index contributed by atoms with van der Waals surface area (Å²) < 4.78 is 5.69. The number of hydrogen-bond donors (Lipinski definition) is 0. The van der Waals surface area contributed by atoms with Crippen LogP contribution in [0.2, 0.25) is 5.02 Å². The van der Waals surface area contributed by atoms with E-state index in [9.17, 15) is 0 Å². The molecular weight excluding hydrogens is 270 g/mol. The standard InChI is InChI=1S/C17H16ClNO/c18-15-8-6-14(7-9-15)10-16-12-20-17(19-16)11-13-4-2-1-3-5-13/h1-9,16H,10-12H2. The number of hydrogen-bond acceptors (Lipinski definition) is 2. The third kappa shape index (κ3) is 3.40. The van der Waals surface area contributed by atoms with Crippen molar-refractivity contribution >= 4 is 17.5 Å². The average molecular weight is 286 g/mol. The lowest BCUT2D eigenvalue weighted by Gasteiger charge is -2.04. The van der Waals surface area contributed by atoms with Crippen LogP contribution in [0.5, 0.6) is 0 Å². The second kappa shape index (κ2) is 6.10. The maximum Gasteiger partial charge on any atom is 0.188 e. The number of rotatable bonds is 4. The predicted molar refractivity (Wildman–Crippen MR) is 82.5 cm³/mol. The van der Waals surface area contributed by atoms with Crippen LogP contribution in [-0.2, 0) is 17.6 Å². The van der Waals surface area contributed by atoms with Crippen molar-refractivity contribution in [1.82, 2.24) is 0 Å². The van der Waals surface area contributed by atoms with Gasteiger partial charge in [0, 0.05) is 11.4 Å². The van der Waals surface area contributed by atoms with E-state index in [1.807, 2.05) is 42.5 Å². The lowest BCUT2D eigenvalue weighted by Crippen LogP contribution is -2.09. The third-order valence-corrected chi connectivity index (χ3v) is 3.60. The van der Waals surface area contributed by atoms with Crippen LogP contribution in [-0.4, -0.2) is 18.5 Å². The molecule has 0 radical (unpaired) electrons. The molecule has 0 fully saturated rings. The molecule has 1 atom stereocenters. The Bertz CT molecular complexity index is 592. The van der Waals surface area contributed by atoms with Gasteiger partial charge in [0.2, 0.25) is 0 Å². The summed E-state index contributed by atoms with van der Waals surface area (Å²) in [6.45, 7) is 0.671. The first-order valence-corrected chi connectivity index (χ1v) is 7.15. The Morgan fingerprint density at radius 2 is 1.75 bits per heavy atom. The van der Waals surface area contributed by atoms with Crippen LogP contribution >= 0.6 is 11.6 Å². The van der Waals surface area contributed by atoms with E-state index in [1.54, 1.807) is 0 Å². The lowest BCUT2D eigenvalue weighted by atomic mass is 10.1. The number of ether oxygens (including phenoxy) is 1. The van der Waals surface area contributed by atoms with Gasteiger partial charge in [0.05, 0.1) is 6.04 Å². The van der Waals surface area contributed by atoms with E-state index in [-0.39, 0.29) is 6.04 Å². The van der Waals surface area contributed by atoms with Crippen molar-refractivity contribution in [1.29, 1.82) is 0 Å². The molecule has 0 spiro atoms. The highest BCUT2D eigenvalue weighted by Gasteiger charge is 2.19. The largest absolute Gasteiger partial charge is 0.478 e. The molecule has 0 N–H and O–H groups in total. The van der Waals surface area contributed by atoms with Gasteiger partial charge in [-0.3, -0.25) is 0 Å². The Labute approximate surface area is 124 Å². The van der Waals surface area contributed by atoms with E-state index >= 15 is 0 Å². The van der Waals surface area contributed by atoms with E-state index in [1.165, 1.54) is 11.1 Å². The molecule has 1 unspecified atom stereocenters. The van der Waals surface area contributed by atoms with Crippen molar-refractivity contribution in [3.05, 3.63) is 70.7 Å². The molecular formula is C17H16ClNO. The highest BCUT2D eigenvalue weighted by molar-refractivity contribution is 6.30. The number of aliphatic imine (C=N–C) groups is 1. The summed E-state index contributed by atoms with van der Waals surface area (Å²) in [7, 11) is 0. The van der Waals surface area contributed by atoms with Gasteiger partial charge in [0.15, 0.2) is 5.90 Å². The second-order valence-corrected chi connectivity index (χ2v) is 5.42. The van der Waals surface area contributed by atoms with Crippen molar-refractivity contribution in [2.24, 2.45) is 4.99 Å². The Hall–Kier alpha value is -1.80. The Morgan fingerprint density at radius 1 is 1.00 bits per heavy atom. The highest BCUT2D eigenvalue weighted by Crippen LogP contribution is 2.16. The molecule has 2 nitrogen and oxygen atoms in total. The van der Waals surface area contributed by atoms with Crippen molar-refractivity contribution in [3.63, 3.8) is 0 Å². The van der Waals surface area contributed by atoms with Gasteiger partial charge in [-0.1, -0.05) is 54.1 Å². The van der Waals surface area contributed by atoms with Crippen LogP contribution < -0.4 is 0 Å². The summed E-state index contributed by atoms with van der Waals surface area (Å²) in [6, 6.07) is 18.4. The van der Waals surface area contributed by atoms with E-state index in [0.717, 1.165) is 23.8 Å². The van der Waals surface area contributed by atoms with Gasteiger partial charge in [-0.15, -0.1) is 0 Å². The maximum atomic E-state index is 5.89. The Kier molecular flexibility index (Phi) is 4.03. The maximum absolute atomic E-state index is 5.89. The van der Waals surface area contributed by atoms with Crippen molar-refractivity contribution in [3.8, 4) is 0 Å². The van der Waals surface area contributed by atoms with Gasteiger partial charge in [-0.2, -0.15) is 0 Å². The fourth-order valence-electron chi connectivity index (χ4n) is 2.33. The Morgan fingerprint density at radius 3 is 2.50 bits per heavy atom. The van der Waals surface area contributed by atoms with Gasteiger partial charge >= 0.3 is 0 Å². The predicted octanol–water partition coefficient (Wildman–Crippen LogP) is 3.92. The number of benzene rings is 2. The summed E-state index contributed by atoms with van der Waals surface area (Å²) in [4.78, 5) is 4.66. The zero-order chi connectivity index (χ0) is 13.8. The molecule has 1 aliphatic heterocycles. The van der Waals surface area contributed by atoms with Gasteiger partial charge in [0.25, 0.3) is 0 Å². The van der Waals surface area contributed by atoms with Crippen LogP contribution in [0, 0.1) is 0 Å². The van der Waals surface area contributed by atoms with E-state index in [0.29, 0.717) is 6.61 Å². The zero-order valence-electron chi connectivity index (χ0n) is 11.1. The molecule has 0 amide bonds.